The third-order valence-electron chi connectivity index (χ3n) is 3.26. The number of aromatic nitrogens is 1. The van der Waals surface area contributed by atoms with Crippen LogP contribution in [0.3, 0.4) is 0 Å². The molecule has 0 spiro atoms. The SMILES string of the molecule is Cc1cccc(NC(=O)C2(C(F)(F)F)CCNC2)n1. The number of halogens is 3. The maximum Gasteiger partial charge on any atom is 0.404 e. The van der Waals surface area contributed by atoms with Gasteiger partial charge in [0.05, 0.1) is 0 Å². The van der Waals surface area contributed by atoms with Gasteiger partial charge in [0.25, 0.3) is 0 Å². The molecule has 0 saturated carbocycles. The van der Waals surface area contributed by atoms with E-state index in [0.717, 1.165) is 0 Å². The zero-order chi connectivity index (χ0) is 14.1. The van der Waals surface area contributed by atoms with Crippen LogP contribution in [0.15, 0.2) is 18.2 Å². The van der Waals surface area contributed by atoms with Gasteiger partial charge >= 0.3 is 6.18 Å². The molecule has 0 bridgehead atoms. The summed E-state index contributed by atoms with van der Waals surface area (Å²) >= 11 is 0. The van der Waals surface area contributed by atoms with E-state index in [9.17, 15) is 18.0 Å². The number of carbonyl (C=O) groups excluding carboxylic acids is 1. The largest absolute Gasteiger partial charge is 0.404 e. The smallest absolute Gasteiger partial charge is 0.315 e. The average Bonchev–Trinajstić information content (AvgIpc) is 2.78. The van der Waals surface area contributed by atoms with E-state index in [0.29, 0.717) is 5.69 Å². The predicted octanol–water partition coefficient (Wildman–Crippen LogP) is 1.87. The molecule has 104 valence electrons. The number of nitrogens with zero attached hydrogens (tertiary/aromatic N) is 1. The lowest BCUT2D eigenvalue weighted by Gasteiger charge is -2.29. The Morgan fingerprint density at radius 3 is 2.74 bits per heavy atom. The normalized spacial score (nSPS) is 23.4. The van der Waals surface area contributed by atoms with Crippen LogP contribution >= 0.6 is 0 Å². The van der Waals surface area contributed by atoms with Crippen molar-refractivity contribution < 1.29 is 18.0 Å². The molecule has 1 aliphatic heterocycles. The number of alkyl halides is 3. The zero-order valence-corrected chi connectivity index (χ0v) is 10.3. The molecule has 1 saturated heterocycles. The van der Waals surface area contributed by atoms with Gasteiger partial charge in [0.15, 0.2) is 5.41 Å². The van der Waals surface area contributed by atoms with Crippen molar-refractivity contribution in [1.82, 2.24) is 10.3 Å². The number of nitrogens with one attached hydrogen (secondary N) is 2. The molecule has 1 aromatic rings. The first-order valence-electron chi connectivity index (χ1n) is 5.88. The summed E-state index contributed by atoms with van der Waals surface area (Å²) in [7, 11) is 0. The van der Waals surface area contributed by atoms with Crippen LogP contribution in [0.2, 0.25) is 0 Å². The average molecular weight is 273 g/mol. The quantitative estimate of drug-likeness (QED) is 0.865. The van der Waals surface area contributed by atoms with Gasteiger partial charge in [0, 0.05) is 12.2 Å². The molecule has 2 heterocycles. The summed E-state index contributed by atoms with van der Waals surface area (Å²) in [5, 5.41) is 4.86. The lowest BCUT2D eigenvalue weighted by molar-refractivity contribution is -0.213. The fraction of sp³-hybridized carbons (Fsp3) is 0.500. The zero-order valence-electron chi connectivity index (χ0n) is 10.3. The molecular formula is C12H14F3N3O. The second-order valence-corrected chi connectivity index (χ2v) is 4.62. The summed E-state index contributed by atoms with van der Waals surface area (Å²) in [6, 6.07) is 4.80. The van der Waals surface area contributed by atoms with E-state index in [1.54, 1.807) is 19.1 Å². The van der Waals surface area contributed by atoms with Crippen molar-refractivity contribution in [1.29, 1.82) is 0 Å². The number of pyridine rings is 1. The van der Waals surface area contributed by atoms with Crippen molar-refractivity contribution in [2.24, 2.45) is 5.41 Å². The van der Waals surface area contributed by atoms with E-state index < -0.39 is 24.0 Å². The van der Waals surface area contributed by atoms with E-state index in [4.69, 9.17) is 0 Å². The van der Waals surface area contributed by atoms with E-state index in [2.05, 4.69) is 15.6 Å². The Balaban J connectivity index is 2.22. The Morgan fingerprint density at radius 1 is 1.47 bits per heavy atom. The van der Waals surface area contributed by atoms with Gasteiger partial charge in [-0.25, -0.2) is 4.98 Å². The summed E-state index contributed by atoms with van der Waals surface area (Å²) in [4.78, 5) is 16.0. The van der Waals surface area contributed by atoms with Gasteiger partial charge in [-0.2, -0.15) is 13.2 Å². The van der Waals surface area contributed by atoms with Crippen LogP contribution in [0.25, 0.3) is 0 Å². The number of carbonyl (C=O) groups is 1. The second kappa shape index (κ2) is 4.80. The van der Waals surface area contributed by atoms with Crippen LogP contribution in [0.4, 0.5) is 19.0 Å². The molecule has 0 radical (unpaired) electrons. The minimum absolute atomic E-state index is 0.139. The molecule has 1 aromatic heterocycles. The van der Waals surface area contributed by atoms with Crippen LogP contribution in [0, 0.1) is 12.3 Å². The predicted molar refractivity (Wildman–Crippen MR) is 63.6 cm³/mol. The highest BCUT2D eigenvalue weighted by atomic mass is 19.4. The van der Waals surface area contributed by atoms with Crippen LogP contribution in [0.5, 0.6) is 0 Å². The highest BCUT2D eigenvalue weighted by Gasteiger charge is 2.61. The van der Waals surface area contributed by atoms with E-state index in [1.165, 1.54) is 6.07 Å². The van der Waals surface area contributed by atoms with Gasteiger partial charge < -0.3 is 10.6 Å². The van der Waals surface area contributed by atoms with Gasteiger partial charge in [-0.15, -0.1) is 0 Å². The van der Waals surface area contributed by atoms with Crippen LogP contribution in [-0.4, -0.2) is 30.2 Å². The number of aryl methyl sites for hydroxylation is 1. The van der Waals surface area contributed by atoms with E-state index >= 15 is 0 Å². The molecule has 2 rings (SSSR count). The first kappa shape index (κ1) is 13.8. The Morgan fingerprint density at radius 2 is 2.21 bits per heavy atom. The standard InChI is InChI=1S/C12H14F3N3O/c1-8-3-2-4-9(17-8)18-10(19)11(12(13,14)15)5-6-16-7-11/h2-4,16H,5-7H2,1H3,(H,17,18,19). The molecule has 4 nitrogen and oxygen atoms in total. The van der Waals surface area contributed by atoms with Gasteiger partial charge in [-0.3, -0.25) is 4.79 Å². The number of hydrogen-bond acceptors (Lipinski definition) is 3. The van der Waals surface area contributed by atoms with Crippen molar-refractivity contribution in [2.45, 2.75) is 19.5 Å². The van der Waals surface area contributed by atoms with Crippen molar-refractivity contribution in [3.05, 3.63) is 23.9 Å². The summed E-state index contributed by atoms with van der Waals surface area (Å²) in [5.41, 5.74) is -1.73. The van der Waals surface area contributed by atoms with Crippen molar-refractivity contribution in [3.8, 4) is 0 Å². The Hall–Kier alpha value is -1.63. The fourth-order valence-corrected chi connectivity index (χ4v) is 2.11. The maximum atomic E-state index is 13.1. The third-order valence-corrected chi connectivity index (χ3v) is 3.26. The summed E-state index contributed by atoms with van der Waals surface area (Å²) in [6.45, 7) is 1.48. The molecule has 0 aromatic carbocycles. The van der Waals surface area contributed by atoms with E-state index in [-0.39, 0.29) is 18.8 Å². The van der Waals surface area contributed by atoms with Crippen molar-refractivity contribution >= 4 is 11.7 Å². The molecule has 19 heavy (non-hydrogen) atoms. The molecule has 1 atom stereocenters. The van der Waals surface area contributed by atoms with Crippen molar-refractivity contribution in [2.75, 3.05) is 18.4 Å². The molecule has 0 aliphatic carbocycles. The number of amides is 1. The molecule has 1 unspecified atom stereocenters. The van der Waals surface area contributed by atoms with Gasteiger partial charge in [0.1, 0.15) is 5.82 Å². The molecule has 1 aliphatic rings. The van der Waals surface area contributed by atoms with Crippen molar-refractivity contribution in [3.63, 3.8) is 0 Å². The summed E-state index contributed by atoms with van der Waals surface area (Å²) in [6.07, 6.45) is -4.83. The Bertz CT molecular complexity index is 481. The van der Waals surface area contributed by atoms with Gasteiger partial charge in [-0.05, 0) is 32.0 Å². The van der Waals surface area contributed by atoms with Gasteiger partial charge in [0.2, 0.25) is 5.91 Å². The van der Waals surface area contributed by atoms with Crippen LogP contribution in [0.1, 0.15) is 12.1 Å². The molecular weight excluding hydrogens is 259 g/mol. The molecule has 2 N–H and O–H groups in total. The van der Waals surface area contributed by atoms with Crippen LogP contribution < -0.4 is 10.6 Å². The highest BCUT2D eigenvalue weighted by Crippen LogP contribution is 2.43. The minimum atomic E-state index is -4.58. The topological polar surface area (TPSA) is 54.0 Å². The van der Waals surface area contributed by atoms with Crippen LogP contribution in [-0.2, 0) is 4.79 Å². The lowest BCUT2D eigenvalue weighted by Crippen LogP contribution is -2.49. The lowest BCUT2D eigenvalue weighted by atomic mass is 9.85. The highest BCUT2D eigenvalue weighted by molar-refractivity contribution is 5.95. The third kappa shape index (κ3) is 2.56. The first-order chi connectivity index (χ1) is 8.85. The second-order valence-electron chi connectivity index (χ2n) is 4.62. The number of rotatable bonds is 2. The van der Waals surface area contributed by atoms with E-state index in [1.807, 2.05) is 0 Å². The summed E-state index contributed by atoms with van der Waals surface area (Å²) in [5.74, 6) is -0.913. The van der Waals surface area contributed by atoms with Gasteiger partial charge in [-0.1, -0.05) is 6.07 Å². The molecule has 1 amide bonds. The Labute approximate surface area is 108 Å². The maximum absolute atomic E-state index is 13.1. The molecule has 7 heteroatoms. The summed E-state index contributed by atoms with van der Waals surface area (Å²) < 4.78 is 39.4. The first-order valence-corrected chi connectivity index (χ1v) is 5.88. The Kier molecular flexibility index (Phi) is 3.49. The monoisotopic (exact) mass is 273 g/mol. The number of hydrogen-bond donors (Lipinski definition) is 2. The number of anilines is 1. The molecule has 1 fully saturated rings. The fourth-order valence-electron chi connectivity index (χ4n) is 2.11. The minimum Gasteiger partial charge on any atom is -0.315 e.